The lowest BCUT2D eigenvalue weighted by Crippen LogP contribution is -2.46. The molecule has 0 N–H and O–H groups in total. The number of thiophene rings is 1. The van der Waals surface area contributed by atoms with E-state index in [9.17, 15) is 5.26 Å². The first kappa shape index (κ1) is 19.4. The average Bonchev–Trinajstić information content (AvgIpc) is 3.03. The Labute approximate surface area is 166 Å². The van der Waals surface area contributed by atoms with Crippen LogP contribution in [0.3, 0.4) is 0 Å². The van der Waals surface area contributed by atoms with E-state index < -0.39 is 0 Å². The second-order valence-corrected chi connectivity index (χ2v) is 10.0. The summed E-state index contributed by atoms with van der Waals surface area (Å²) in [7, 11) is 0. The largest absolute Gasteiger partial charge is 0.299 e. The molecule has 2 nitrogen and oxygen atoms in total. The van der Waals surface area contributed by atoms with Crippen LogP contribution in [0.1, 0.15) is 45.6 Å². The molecule has 0 aliphatic carbocycles. The highest BCUT2D eigenvalue weighted by Gasteiger charge is 2.43. The molecule has 1 saturated heterocycles. The van der Waals surface area contributed by atoms with Crippen LogP contribution in [0.25, 0.3) is 11.1 Å². The summed E-state index contributed by atoms with van der Waals surface area (Å²) in [5.74, 6) is 0. The molecule has 2 heterocycles. The Morgan fingerprint density at radius 3 is 2.31 bits per heavy atom. The van der Waals surface area contributed by atoms with Crippen LogP contribution in [-0.4, -0.2) is 18.0 Å². The number of rotatable bonds is 4. The molecule has 1 aromatic carbocycles. The number of hydrogen-bond acceptors (Lipinski definition) is 3. The molecule has 1 aliphatic rings. The third-order valence-electron chi connectivity index (χ3n) is 6.08. The van der Waals surface area contributed by atoms with Crippen molar-refractivity contribution in [3.8, 4) is 17.2 Å². The smallest absolute Gasteiger partial charge is 0.0934 e. The Morgan fingerprint density at radius 2 is 1.81 bits per heavy atom. The maximum Gasteiger partial charge on any atom is 0.0934 e. The summed E-state index contributed by atoms with van der Waals surface area (Å²) in [5.41, 5.74) is 4.09. The highest BCUT2D eigenvalue weighted by molar-refractivity contribution is 7.14. The van der Waals surface area contributed by atoms with Crippen molar-refractivity contribution >= 4 is 22.9 Å². The molecule has 0 bridgehead atoms. The molecule has 138 valence electrons. The molecule has 1 fully saturated rings. The van der Waals surface area contributed by atoms with E-state index in [2.05, 4.69) is 61.4 Å². The van der Waals surface area contributed by atoms with Crippen LogP contribution in [-0.2, 0) is 6.54 Å². The molecule has 26 heavy (non-hydrogen) atoms. The molecular formula is C22H27ClN2S. The summed E-state index contributed by atoms with van der Waals surface area (Å²) in [6.45, 7) is 9.99. The van der Waals surface area contributed by atoms with Gasteiger partial charge in [-0.3, -0.25) is 4.90 Å². The molecule has 2 aromatic rings. The Hall–Kier alpha value is -1.34. The van der Waals surface area contributed by atoms with Crippen LogP contribution in [0.4, 0.5) is 0 Å². The van der Waals surface area contributed by atoms with Crippen LogP contribution in [0.15, 0.2) is 35.7 Å². The Balaban J connectivity index is 1.62. The number of hydrogen-bond donors (Lipinski definition) is 0. The van der Waals surface area contributed by atoms with Gasteiger partial charge in [-0.25, -0.2) is 0 Å². The molecule has 0 atom stereocenters. The number of nitrogens with zero attached hydrogens (tertiary/aromatic N) is 2. The molecule has 0 spiro atoms. The van der Waals surface area contributed by atoms with Crippen molar-refractivity contribution in [2.24, 2.45) is 10.8 Å². The van der Waals surface area contributed by atoms with Crippen molar-refractivity contribution in [1.82, 2.24) is 4.90 Å². The predicted octanol–water partition coefficient (Wildman–Crippen LogP) is 6.61. The van der Waals surface area contributed by atoms with Crippen LogP contribution < -0.4 is 0 Å². The number of benzene rings is 1. The van der Waals surface area contributed by atoms with Crippen molar-refractivity contribution in [3.05, 3.63) is 45.6 Å². The van der Waals surface area contributed by atoms with E-state index in [1.54, 1.807) is 11.3 Å². The van der Waals surface area contributed by atoms with Crippen molar-refractivity contribution in [2.75, 3.05) is 13.1 Å². The second-order valence-electron chi connectivity index (χ2n) is 8.48. The molecule has 0 saturated carbocycles. The fourth-order valence-electron chi connectivity index (χ4n) is 4.00. The first-order valence-corrected chi connectivity index (χ1v) is 10.5. The van der Waals surface area contributed by atoms with Gasteiger partial charge in [0.1, 0.15) is 0 Å². The fraction of sp³-hybridized carbons (Fsp3) is 0.500. The summed E-state index contributed by atoms with van der Waals surface area (Å²) in [6, 6.07) is 13.3. The quantitative estimate of drug-likeness (QED) is 0.591. The minimum Gasteiger partial charge on any atom is -0.299 e. The lowest BCUT2D eigenvalue weighted by molar-refractivity contribution is 0.00711. The first-order chi connectivity index (χ1) is 12.3. The van der Waals surface area contributed by atoms with Gasteiger partial charge >= 0.3 is 0 Å². The second kappa shape index (κ2) is 7.72. The number of halogens is 1. The minimum atomic E-state index is 0.153. The zero-order valence-electron chi connectivity index (χ0n) is 15.9. The molecule has 0 radical (unpaired) electrons. The summed E-state index contributed by atoms with van der Waals surface area (Å²) in [5, 5.41) is 11.4. The van der Waals surface area contributed by atoms with Crippen molar-refractivity contribution < 1.29 is 0 Å². The van der Waals surface area contributed by atoms with Gasteiger partial charge < -0.3 is 0 Å². The topological polar surface area (TPSA) is 27.0 Å². The first-order valence-electron chi connectivity index (χ1n) is 9.26. The maximum absolute atomic E-state index is 9.30. The monoisotopic (exact) mass is 386 g/mol. The molecule has 0 unspecified atom stereocenters. The van der Waals surface area contributed by atoms with Gasteiger partial charge in [0.25, 0.3) is 0 Å². The van der Waals surface area contributed by atoms with Gasteiger partial charge in [0.2, 0.25) is 0 Å². The van der Waals surface area contributed by atoms with E-state index >= 15 is 0 Å². The van der Waals surface area contributed by atoms with E-state index in [1.165, 1.54) is 16.7 Å². The molecule has 1 aromatic heterocycles. The number of nitriles is 1. The van der Waals surface area contributed by atoms with Crippen LogP contribution in [0, 0.1) is 22.2 Å². The van der Waals surface area contributed by atoms with Gasteiger partial charge in [-0.15, -0.1) is 11.3 Å². The Kier molecular flexibility index (Phi) is 5.77. The number of likely N-dealkylation sites (tertiary alicyclic amines) is 1. The zero-order chi connectivity index (χ0) is 18.8. The summed E-state index contributed by atoms with van der Waals surface area (Å²) < 4.78 is 0.831. The lowest BCUT2D eigenvalue weighted by Gasteiger charge is -2.49. The van der Waals surface area contributed by atoms with E-state index in [0.717, 1.165) is 36.8 Å². The normalized spacial score (nSPS) is 17.8. The third-order valence-corrected chi connectivity index (χ3v) is 7.17. The molecule has 3 rings (SSSR count). The lowest BCUT2D eigenvalue weighted by atomic mass is 9.60. The summed E-state index contributed by atoms with van der Waals surface area (Å²) in [4.78, 5) is 2.53. The van der Waals surface area contributed by atoms with Gasteiger partial charge in [0, 0.05) is 18.3 Å². The van der Waals surface area contributed by atoms with Gasteiger partial charge in [-0.05, 0) is 59.5 Å². The third kappa shape index (κ3) is 4.14. The van der Waals surface area contributed by atoms with E-state index in [-0.39, 0.29) is 10.8 Å². The van der Waals surface area contributed by atoms with Gasteiger partial charge in [0.15, 0.2) is 0 Å². The van der Waals surface area contributed by atoms with E-state index in [4.69, 9.17) is 11.6 Å². The van der Waals surface area contributed by atoms with E-state index in [1.807, 2.05) is 6.07 Å². The highest BCUT2D eigenvalue weighted by atomic mass is 35.5. The van der Waals surface area contributed by atoms with Crippen molar-refractivity contribution in [3.63, 3.8) is 0 Å². The zero-order valence-corrected chi connectivity index (χ0v) is 17.5. The van der Waals surface area contributed by atoms with Gasteiger partial charge in [0.05, 0.1) is 10.4 Å². The van der Waals surface area contributed by atoms with Crippen LogP contribution in [0.5, 0.6) is 0 Å². The molecule has 1 aliphatic heterocycles. The molecule has 0 amide bonds. The fourth-order valence-corrected chi connectivity index (χ4v) is 4.89. The summed E-state index contributed by atoms with van der Waals surface area (Å²) >= 11 is 7.61. The predicted molar refractivity (Wildman–Crippen MR) is 111 cm³/mol. The van der Waals surface area contributed by atoms with Gasteiger partial charge in [-0.1, -0.05) is 56.6 Å². The van der Waals surface area contributed by atoms with E-state index in [0.29, 0.717) is 6.42 Å². The maximum atomic E-state index is 9.30. The SMILES string of the molecule is CC(C)(C)C1(CC#N)CCN(Cc2ccc(-c3csc(Cl)c3)cc2)CC1. The molecular weight excluding hydrogens is 360 g/mol. The Morgan fingerprint density at radius 1 is 1.15 bits per heavy atom. The standard InChI is InChI=1S/C22H27ClN2S/c1-21(2,3)22(8-11-24)9-12-25(13-10-22)15-17-4-6-18(7-5-17)19-14-20(23)26-16-19/h4-7,14,16H,8-10,12-13,15H2,1-3H3. The van der Waals surface area contributed by atoms with Crippen molar-refractivity contribution in [1.29, 1.82) is 5.26 Å². The number of piperidine rings is 1. The average molecular weight is 387 g/mol. The van der Waals surface area contributed by atoms with Crippen LogP contribution >= 0.6 is 22.9 Å². The Bertz CT molecular complexity index is 772. The minimum absolute atomic E-state index is 0.153. The summed E-state index contributed by atoms with van der Waals surface area (Å²) in [6.07, 6.45) is 2.88. The highest BCUT2D eigenvalue weighted by Crippen LogP contribution is 2.49. The molecule has 4 heteroatoms. The van der Waals surface area contributed by atoms with Crippen LogP contribution in [0.2, 0.25) is 4.34 Å². The van der Waals surface area contributed by atoms with Crippen molar-refractivity contribution in [2.45, 2.75) is 46.6 Å². The van der Waals surface area contributed by atoms with Gasteiger partial charge in [-0.2, -0.15) is 5.26 Å².